The number of aromatic nitrogens is 3. The van der Waals surface area contributed by atoms with E-state index in [4.69, 9.17) is 10.5 Å². The van der Waals surface area contributed by atoms with E-state index in [1.54, 1.807) is 29.2 Å². The summed E-state index contributed by atoms with van der Waals surface area (Å²) < 4.78 is 31.5. The highest BCUT2D eigenvalue weighted by Gasteiger charge is 2.26. The standard InChI is InChI=1S/C30H37N7O4S/c1-21-5-4-12-36(21)19-23-15-24(17-32-16-23)30(38)35-13-10-26(11-14-35)41-29(33-20-31)28-18-34-37(22(28)2)25-6-8-27(9-7-25)42(3,39)40/h6-9,15-18,20-21,26H,2,4-5,10-14,19H2,1,3H3,(H2,31,33)/b29-28+. The molecule has 0 spiro atoms. The Kier molecular flexibility index (Phi) is 8.74. The lowest BCUT2D eigenvalue weighted by atomic mass is 10.1. The van der Waals surface area contributed by atoms with Gasteiger partial charge in [0.2, 0.25) is 5.88 Å². The van der Waals surface area contributed by atoms with Crippen LogP contribution in [0.15, 0.2) is 58.8 Å². The average Bonchev–Trinajstić information content (AvgIpc) is 3.57. The van der Waals surface area contributed by atoms with Crippen LogP contribution in [0, 0.1) is 0 Å². The molecule has 42 heavy (non-hydrogen) atoms. The van der Waals surface area contributed by atoms with Gasteiger partial charge in [-0.25, -0.2) is 18.1 Å². The number of carbonyl (C=O) groups is 1. The van der Waals surface area contributed by atoms with Crippen molar-refractivity contribution in [2.75, 3.05) is 25.9 Å². The first-order valence-electron chi connectivity index (χ1n) is 14.1. The van der Waals surface area contributed by atoms with Gasteiger partial charge in [0.15, 0.2) is 9.84 Å². The Morgan fingerprint density at radius 1 is 1.14 bits per heavy atom. The second-order valence-corrected chi connectivity index (χ2v) is 12.9. The van der Waals surface area contributed by atoms with Crippen LogP contribution in [-0.4, -0.2) is 83.3 Å². The number of benzene rings is 1. The molecule has 2 N–H and O–H groups in total. The third kappa shape index (κ3) is 6.55. The van der Waals surface area contributed by atoms with E-state index in [-0.39, 0.29) is 16.9 Å². The van der Waals surface area contributed by atoms with Crippen LogP contribution >= 0.6 is 0 Å². The molecule has 3 aromatic rings. The zero-order valence-electron chi connectivity index (χ0n) is 24.0. The molecule has 0 aliphatic carbocycles. The predicted molar refractivity (Wildman–Crippen MR) is 161 cm³/mol. The third-order valence-corrected chi connectivity index (χ3v) is 9.05. The van der Waals surface area contributed by atoms with E-state index in [1.807, 2.05) is 17.2 Å². The maximum absolute atomic E-state index is 13.3. The normalized spacial score (nSPS) is 19.4. The van der Waals surface area contributed by atoms with Gasteiger partial charge in [-0.15, -0.1) is 0 Å². The summed E-state index contributed by atoms with van der Waals surface area (Å²) in [7, 11) is -3.31. The zero-order valence-corrected chi connectivity index (χ0v) is 24.8. The summed E-state index contributed by atoms with van der Waals surface area (Å²) in [6, 6.07) is 8.91. The van der Waals surface area contributed by atoms with Gasteiger partial charge in [0.05, 0.1) is 39.2 Å². The molecule has 1 aromatic carbocycles. The summed E-state index contributed by atoms with van der Waals surface area (Å²) in [6.07, 6.45) is 10.9. The van der Waals surface area contributed by atoms with E-state index in [0.29, 0.717) is 59.7 Å². The first kappa shape index (κ1) is 29.5. The van der Waals surface area contributed by atoms with Crippen molar-refractivity contribution in [1.29, 1.82) is 0 Å². The van der Waals surface area contributed by atoms with Gasteiger partial charge in [0.1, 0.15) is 6.10 Å². The lowest BCUT2D eigenvalue weighted by Crippen LogP contribution is -2.41. The number of amides is 1. The number of nitrogens with zero attached hydrogens (tertiary/aromatic N) is 6. The molecule has 11 nitrogen and oxygen atoms in total. The molecule has 1 unspecified atom stereocenters. The van der Waals surface area contributed by atoms with Gasteiger partial charge in [-0.2, -0.15) is 5.10 Å². The highest BCUT2D eigenvalue weighted by atomic mass is 32.2. The Hall–Kier alpha value is -4.03. The first-order chi connectivity index (χ1) is 20.1. The largest absolute Gasteiger partial charge is 0.474 e. The van der Waals surface area contributed by atoms with Crippen LogP contribution in [0.5, 0.6) is 0 Å². The van der Waals surface area contributed by atoms with Gasteiger partial charge in [0.25, 0.3) is 5.91 Å². The minimum atomic E-state index is -3.31. The van der Waals surface area contributed by atoms with E-state index in [0.717, 1.165) is 31.2 Å². The number of hydrogen-bond donors (Lipinski definition) is 1. The van der Waals surface area contributed by atoms with E-state index >= 15 is 0 Å². The Labute approximate surface area is 245 Å². The number of aliphatic imine (C=N–C) groups is 1. The van der Waals surface area contributed by atoms with Gasteiger partial charge < -0.3 is 15.4 Å². The predicted octanol–water partition coefficient (Wildman–Crippen LogP) is 1.44. The van der Waals surface area contributed by atoms with Crippen molar-refractivity contribution in [2.24, 2.45) is 10.7 Å². The SMILES string of the molecule is C=c1/c(=C(\N=CN)OC2CCN(C(=O)c3cncc(CN4CCCC4C)c3)CC2)cnn1-c1ccc(S(C)(=O)=O)cc1. The van der Waals surface area contributed by atoms with E-state index in [2.05, 4.69) is 33.5 Å². The summed E-state index contributed by atoms with van der Waals surface area (Å²) in [5.74, 6) is 0.268. The highest BCUT2D eigenvalue weighted by molar-refractivity contribution is 7.90. The van der Waals surface area contributed by atoms with Crippen molar-refractivity contribution in [3.8, 4) is 5.69 Å². The minimum Gasteiger partial charge on any atom is -0.474 e. The number of nitrogens with two attached hydrogens (primary N) is 1. The maximum atomic E-state index is 13.3. The second kappa shape index (κ2) is 12.5. The van der Waals surface area contributed by atoms with Crippen molar-refractivity contribution in [3.63, 3.8) is 0 Å². The topological polar surface area (TPSA) is 136 Å². The van der Waals surface area contributed by atoms with E-state index in [1.165, 1.54) is 25.0 Å². The summed E-state index contributed by atoms with van der Waals surface area (Å²) in [6.45, 7) is 9.35. The van der Waals surface area contributed by atoms with Gasteiger partial charge in [-0.1, -0.05) is 6.58 Å². The minimum absolute atomic E-state index is 0.0235. The highest BCUT2D eigenvalue weighted by Crippen LogP contribution is 2.22. The lowest BCUT2D eigenvalue weighted by molar-refractivity contribution is 0.0528. The molecule has 12 heteroatoms. The maximum Gasteiger partial charge on any atom is 0.255 e. The van der Waals surface area contributed by atoms with Gasteiger partial charge in [0, 0.05) is 57.2 Å². The third-order valence-electron chi connectivity index (χ3n) is 7.93. The van der Waals surface area contributed by atoms with E-state index < -0.39 is 9.84 Å². The number of ether oxygens (including phenoxy) is 1. The molecule has 0 bridgehead atoms. The van der Waals surface area contributed by atoms with Crippen LogP contribution in [0.3, 0.4) is 0 Å². The molecule has 5 rings (SSSR count). The Morgan fingerprint density at radius 2 is 1.88 bits per heavy atom. The molecule has 2 fully saturated rings. The smallest absolute Gasteiger partial charge is 0.255 e. The van der Waals surface area contributed by atoms with Crippen LogP contribution in [-0.2, 0) is 21.1 Å². The van der Waals surface area contributed by atoms with Gasteiger partial charge in [-0.05, 0) is 62.2 Å². The Balaban J connectivity index is 1.25. The second-order valence-electron chi connectivity index (χ2n) is 10.9. The zero-order chi connectivity index (χ0) is 29.9. The fourth-order valence-corrected chi connectivity index (χ4v) is 6.14. The molecular formula is C30H37N7O4S. The molecule has 2 aliphatic rings. The molecule has 1 atom stereocenters. The number of pyridine rings is 1. The Bertz CT molecular complexity index is 1680. The summed E-state index contributed by atoms with van der Waals surface area (Å²) in [4.78, 5) is 26.4. The summed E-state index contributed by atoms with van der Waals surface area (Å²) >= 11 is 0. The molecule has 2 saturated heterocycles. The Morgan fingerprint density at radius 3 is 2.52 bits per heavy atom. The number of piperidine rings is 1. The first-order valence-corrected chi connectivity index (χ1v) is 16.0. The summed E-state index contributed by atoms with van der Waals surface area (Å²) in [5.41, 5.74) is 7.95. The van der Waals surface area contributed by atoms with Crippen molar-refractivity contribution < 1.29 is 17.9 Å². The molecule has 0 saturated carbocycles. The molecule has 222 valence electrons. The molecule has 0 radical (unpaired) electrons. The molecular weight excluding hydrogens is 554 g/mol. The fourth-order valence-electron chi connectivity index (χ4n) is 5.51. The number of likely N-dealkylation sites (tertiary alicyclic amines) is 2. The van der Waals surface area contributed by atoms with Crippen LogP contribution < -0.4 is 16.3 Å². The van der Waals surface area contributed by atoms with E-state index in [9.17, 15) is 13.2 Å². The van der Waals surface area contributed by atoms with Gasteiger partial charge in [-0.3, -0.25) is 14.7 Å². The monoisotopic (exact) mass is 591 g/mol. The van der Waals surface area contributed by atoms with Crippen molar-refractivity contribution >= 4 is 34.5 Å². The molecule has 2 aliphatic heterocycles. The number of sulfone groups is 1. The quantitative estimate of drug-likeness (QED) is 0.307. The van der Waals surface area contributed by atoms with Gasteiger partial charge >= 0.3 is 0 Å². The van der Waals surface area contributed by atoms with Crippen LogP contribution in [0.1, 0.15) is 48.5 Å². The molecule has 1 amide bonds. The lowest BCUT2D eigenvalue weighted by Gasteiger charge is -2.32. The van der Waals surface area contributed by atoms with Crippen molar-refractivity contribution in [3.05, 3.63) is 70.6 Å². The number of hydrogen-bond acceptors (Lipinski definition) is 8. The van der Waals surface area contributed by atoms with Crippen molar-refractivity contribution in [1.82, 2.24) is 24.6 Å². The number of rotatable bonds is 8. The van der Waals surface area contributed by atoms with Crippen LogP contribution in [0.2, 0.25) is 0 Å². The number of carbonyl (C=O) groups excluding carboxylic acids is 1. The summed E-state index contributed by atoms with van der Waals surface area (Å²) in [5, 5.41) is 5.50. The fraction of sp³-hybridized carbons (Fsp3) is 0.400. The van der Waals surface area contributed by atoms with Crippen LogP contribution in [0.4, 0.5) is 0 Å². The molecule has 4 heterocycles. The van der Waals surface area contributed by atoms with Crippen LogP contribution in [0.25, 0.3) is 18.1 Å². The van der Waals surface area contributed by atoms with Crippen molar-refractivity contribution in [2.45, 2.75) is 56.2 Å². The molecule has 2 aromatic heterocycles. The average molecular weight is 592 g/mol.